The maximum Gasteiger partial charge on any atom is 0.265 e. The van der Waals surface area contributed by atoms with Crippen molar-refractivity contribution >= 4 is 32.6 Å². The molecule has 116 valence electrons. The third kappa shape index (κ3) is 3.13. The Morgan fingerprint density at radius 1 is 1.09 bits per heavy atom. The van der Waals surface area contributed by atoms with Gasteiger partial charge in [-0.2, -0.15) is 0 Å². The van der Waals surface area contributed by atoms with Crippen LogP contribution >= 0.6 is 11.6 Å². The second-order valence-electron chi connectivity index (χ2n) is 4.55. The number of nitrogens with zero attached hydrogens (tertiary/aromatic N) is 1. The van der Waals surface area contributed by atoms with Gasteiger partial charge in [-0.15, -0.1) is 0 Å². The van der Waals surface area contributed by atoms with Crippen molar-refractivity contribution in [2.24, 2.45) is 0 Å². The Kier molecular flexibility index (Phi) is 4.83. The fraction of sp³-hybridized carbons (Fsp3) is 0.133. The summed E-state index contributed by atoms with van der Waals surface area (Å²) >= 11 is 5.45. The highest BCUT2D eigenvalue weighted by molar-refractivity contribution is 7.93. The number of rotatable bonds is 5. The normalized spacial score (nSPS) is 12.7. The van der Waals surface area contributed by atoms with Crippen LogP contribution in [0.25, 0.3) is 0 Å². The first-order valence-corrected chi connectivity index (χ1v) is 8.21. The minimum atomic E-state index is -4.13. The summed E-state index contributed by atoms with van der Waals surface area (Å²) in [5.74, 6) is -0.758. The van der Waals surface area contributed by atoms with Crippen molar-refractivity contribution in [2.45, 2.75) is 17.9 Å². The summed E-state index contributed by atoms with van der Waals surface area (Å²) in [4.78, 5) is 11.4. The molecule has 0 aliphatic heterocycles. The molecule has 0 aliphatic rings. The molecule has 1 unspecified atom stereocenters. The predicted molar refractivity (Wildman–Crippen MR) is 82.8 cm³/mol. The van der Waals surface area contributed by atoms with Gasteiger partial charge in [0.1, 0.15) is 11.9 Å². The predicted octanol–water partition coefficient (Wildman–Crippen LogP) is 3.17. The largest absolute Gasteiger partial charge is 0.279 e. The third-order valence-corrected chi connectivity index (χ3v) is 5.28. The first-order chi connectivity index (χ1) is 10.4. The zero-order valence-electron chi connectivity index (χ0n) is 11.6. The van der Waals surface area contributed by atoms with Gasteiger partial charge in [-0.1, -0.05) is 30.3 Å². The molecule has 0 aliphatic carbocycles. The van der Waals surface area contributed by atoms with Crippen molar-refractivity contribution in [1.29, 1.82) is 0 Å². The molecule has 0 heterocycles. The Morgan fingerprint density at radius 3 is 2.18 bits per heavy atom. The number of hydrogen-bond donors (Lipinski definition) is 0. The lowest BCUT2D eigenvalue weighted by atomic mass is 10.2. The fourth-order valence-corrected chi connectivity index (χ4v) is 3.78. The van der Waals surface area contributed by atoms with Gasteiger partial charge in [0.25, 0.3) is 10.0 Å². The Labute approximate surface area is 133 Å². The molecule has 0 N–H and O–H groups in total. The maximum atomic E-state index is 14.0. The van der Waals surface area contributed by atoms with Gasteiger partial charge < -0.3 is 0 Å². The number of sulfonamides is 1. The minimum Gasteiger partial charge on any atom is -0.279 e. The molecular formula is C15H13ClFNO3S. The van der Waals surface area contributed by atoms with E-state index < -0.39 is 27.1 Å². The Morgan fingerprint density at radius 2 is 1.64 bits per heavy atom. The minimum absolute atomic E-state index is 0.0528. The third-order valence-electron chi connectivity index (χ3n) is 3.07. The van der Waals surface area contributed by atoms with Gasteiger partial charge in [0, 0.05) is 0 Å². The molecular weight excluding hydrogens is 329 g/mol. The number of para-hydroxylation sites is 1. The quantitative estimate of drug-likeness (QED) is 0.785. The van der Waals surface area contributed by atoms with E-state index in [1.807, 2.05) is 0 Å². The molecule has 0 fully saturated rings. The molecule has 22 heavy (non-hydrogen) atoms. The SMILES string of the molecule is CC(C(=O)Cl)N(c1ccccc1F)S(=O)(=O)c1ccccc1. The van der Waals surface area contributed by atoms with Crippen LogP contribution in [0, 0.1) is 5.82 Å². The molecule has 2 aromatic rings. The molecule has 0 aromatic heterocycles. The molecule has 0 bridgehead atoms. The van der Waals surface area contributed by atoms with Crippen molar-refractivity contribution in [3.8, 4) is 0 Å². The van der Waals surface area contributed by atoms with Crippen molar-refractivity contribution in [3.63, 3.8) is 0 Å². The zero-order valence-corrected chi connectivity index (χ0v) is 13.2. The van der Waals surface area contributed by atoms with Crippen molar-refractivity contribution < 1.29 is 17.6 Å². The van der Waals surface area contributed by atoms with Gasteiger partial charge in [-0.05, 0) is 42.8 Å². The highest BCUT2D eigenvalue weighted by Gasteiger charge is 2.34. The summed E-state index contributed by atoms with van der Waals surface area (Å²) < 4.78 is 40.3. The van der Waals surface area contributed by atoms with Gasteiger partial charge in [0.2, 0.25) is 5.24 Å². The standard InChI is InChI=1S/C15H13ClFNO3S/c1-11(15(16)19)18(14-10-6-5-9-13(14)17)22(20,21)12-7-3-2-4-8-12/h2-11H,1H3. The first kappa shape index (κ1) is 16.5. The zero-order chi connectivity index (χ0) is 16.3. The van der Waals surface area contributed by atoms with Crippen LogP contribution in [0.1, 0.15) is 6.92 Å². The Hall–Kier alpha value is -1.92. The number of carbonyl (C=O) groups excluding carboxylic acids is 1. The molecule has 0 saturated heterocycles. The van der Waals surface area contributed by atoms with E-state index in [0.717, 1.165) is 6.07 Å². The molecule has 4 nitrogen and oxygen atoms in total. The Balaban J connectivity index is 2.65. The van der Waals surface area contributed by atoms with E-state index >= 15 is 0 Å². The summed E-state index contributed by atoms with van der Waals surface area (Å²) in [6, 6.07) is 11.5. The number of benzene rings is 2. The summed E-state index contributed by atoms with van der Waals surface area (Å²) in [6.07, 6.45) is 0. The van der Waals surface area contributed by atoms with Crippen LogP contribution in [0.3, 0.4) is 0 Å². The number of hydrogen-bond acceptors (Lipinski definition) is 3. The van der Waals surface area contributed by atoms with E-state index in [-0.39, 0.29) is 10.6 Å². The van der Waals surface area contributed by atoms with Crippen molar-refractivity contribution in [3.05, 3.63) is 60.4 Å². The maximum absolute atomic E-state index is 14.0. The van der Waals surface area contributed by atoms with Crippen molar-refractivity contribution in [2.75, 3.05) is 4.31 Å². The molecule has 0 spiro atoms. The summed E-state index contributed by atoms with van der Waals surface area (Å²) in [5.41, 5.74) is -0.229. The Bertz CT molecular complexity index is 780. The lowest BCUT2D eigenvalue weighted by Gasteiger charge is -2.28. The summed E-state index contributed by atoms with van der Waals surface area (Å²) in [7, 11) is -4.13. The van der Waals surface area contributed by atoms with E-state index in [1.165, 1.54) is 37.3 Å². The summed E-state index contributed by atoms with van der Waals surface area (Å²) in [5, 5.41) is -0.900. The smallest absolute Gasteiger partial charge is 0.265 e. The number of halogens is 2. The van der Waals surface area contributed by atoms with E-state index in [2.05, 4.69) is 0 Å². The van der Waals surface area contributed by atoms with Crippen LogP contribution in [0.2, 0.25) is 0 Å². The van der Waals surface area contributed by atoms with E-state index in [9.17, 15) is 17.6 Å². The van der Waals surface area contributed by atoms with Gasteiger partial charge in [0.15, 0.2) is 0 Å². The molecule has 0 radical (unpaired) electrons. The van der Waals surface area contributed by atoms with Gasteiger partial charge >= 0.3 is 0 Å². The van der Waals surface area contributed by atoms with Gasteiger partial charge in [-0.25, -0.2) is 12.8 Å². The van der Waals surface area contributed by atoms with E-state index in [4.69, 9.17) is 11.6 Å². The second kappa shape index (κ2) is 6.46. The molecule has 1 atom stereocenters. The van der Waals surface area contributed by atoms with Gasteiger partial charge in [0.05, 0.1) is 10.6 Å². The average Bonchev–Trinajstić information content (AvgIpc) is 2.50. The van der Waals surface area contributed by atoms with Crippen LogP contribution in [0.15, 0.2) is 59.5 Å². The highest BCUT2D eigenvalue weighted by Crippen LogP contribution is 2.29. The van der Waals surface area contributed by atoms with Crippen LogP contribution in [0.4, 0.5) is 10.1 Å². The van der Waals surface area contributed by atoms with Crippen LogP contribution in [-0.2, 0) is 14.8 Å². The number of carbonyl (C=O) groups is 1. The number of anilines is 1. The molecule has 0 amide bonds. The van der Waals surface area contributed by atoms with Crippen molar-refractivity contribution in [1.82, 2.24) is 0 Å². The molecule has 0 saturated carbocycles. The lowest BCUT2D eigenvalue weighted by molar-refractivity contribution is -0.112. The summed E-state index contributed by atoms with van der Waals surface area (Å²) in [6.45, 7) is 1.31. The van der Waals surface area contributed by atoms with Crippen LogP contribution in [0.5, 0.6) is 0 Å². The molecule has 2 aromatic carbocycles. The van der Waals surface area contributed by atoms with Crippen LogP contribution < -0.4 is 4.31 Å². The van der Waals surface area contributed by atoms with Crippen LogP contribution in [-0.4, -0.2) is 19.7 Å². The first-order valence-electron chi connectivity index (χ1n) is 6.39. The monoisotopic (exact) mass is 341 g/mol. The lowest BCUT2D eigenvalue weighted by Crippen LogP contribution is -2.42. The molecule has 7 heteroatoms. The topological polar surface area (TPSA) is 54.5 Å². The van der Waals surface area contributed by atoms with E-state index in [1.54, 1.807) is 18.2 Å². The fourth-order valence-electron chi connectivity index (χ4n) is 1.97. The molecule has 2 rings (SSSR count). The highest BCUT2D eigenvalue weighted by atomic mass is 35.5. The van der Waals surface area contributed by atoms with Gasteiger partial charge in [-0.3, -0.25) is 9.10 Å². The average molecular weight is 342 g/mol. The van der Waals surface area contributed by atoms with E-state index in [0.29, 0.717) is 4.31 Å². The second-order valence-corrected chi connectivity index (χ2v) is 6.73.